The molecule has 136 valence electrons. The molecule has 6 heteroatoms. The molecule has 0 saturated heterocycles. The van der Waals surface area contributed by atoms with E-state index in [4.69, 9.17) is 21.6 Å². The highest BCUT2D eigenvalue weighted by Crippen LogP contribution is 2.27. The number of nitrogens with zero attached hydrogens (tertiary/aromatic N) is 3. The summed E-state index contributed by atoms with van der Waals surface area (Å²) in [6.07, 6.45) is 0. The van der Waals surface area contributed by atoms with Gasteiger partial charge in [0.25, 0.3) is 0 Å². The second-order valence-electron chi connectivity index (χ2n) is 6.17. The molecular weight excluding hydrogens is 372 g/mol. The van der Waals surface area contributed by atoms with Crippen molar-refractivity contribution in [3.63, 3.8) is 0 Å². The number of benzene rings is 3. The number of hydrogen-bond acceptors (Lipinski definition) is 4. The van der Waals surface area contributed by atoms with Crippen molar-refractivity contribution in [3.05, 3.63) is 89.1 Å². The van der Waals surface area contributed by atoms with Gasteiger partial charge >= 0.3 is 0 Å². The molecule has 0 fully saturated rings. The number of aromatic nitrogens is 3. The van der Waals surface area contributed by atoms with Crippen LogP contribution >= 0.6 is 11.6 Å². The summed E-state index contributed by atoms with van der Waals surface area (Å²) in [6.45, 7) is 0.475. The molecule has 5 nitrogen and oxygen atoms in total. The first-order valence-electron chi connectivity index (χ1n) is 8.62. The SMILES string of the molecule is N#Cc1[nH]nnc1-c1ccc(-c2cccc(OCc3ccc(Cl)cc3)c2)cc1. The monoisotopic (exact) mass is 386 g/mol. The van der Waals surface area contributed by atoms with Crippen molar-refractivity contribution in [2.45, 2.75) is 6.61 Å². The first-order chi connectivity index (χ1) is 13.7. The number of hydrogen-bond donors (Lipinski definition) is 1. The average Bonchev–Trinajstić information content (AvgIpc) is 3.23. The van der Waals surface area contributed by atoms with Crippen molar-refractivity contribution in [2.24, 2.45) is 0 Å². The summed E-state index contributed by atoms with van der Waals surface area (Å²) in [4.78, 5) is 0. The Morgan fingerprint density at radius 2 is 1.68 bits per heavy atom. The largest absolute Gasteiger partial charge is 0.489 e. The molecule has 1 aromatic heterocycles. The van der Waals surface area contributed by atoms with Crippen molar-refractivity contribution in [2.75, 3.05) is 0 Å². The summed E-state index contributed by atoms with van der Waals surface area (Å²) in [6, 6.07) is 25.4. The summed E-state index contributed by atoms with van der Waals surface area (Å²) in [5.74, 6) is 0.791. The van der Waals surface area contributed by atoms with E-state index in [1.807, 2.05) is 72.8 Å². The Labute approximate surface area is 167 Å². The molecule has 0 bridgehead atoms. The van der Waals surface area contributed by atoms with Gasteiger partial charge in [-0.2, -0.15) is 5.26 Å². The van der Waals surface area contributed by atoms with Gasteiger partial charge in [0.05, 0.1) is 0 Å². The maximum absolute atomic E-state index is 9.10. The topological polar surface area (TPSA) is 74.6 Å². The van der Waals surface area contributed by atoms with E-state index in [0.717, 1.165) is 28.0 Å². The van der Waals surface area contributed by atoms with Gasteiger partial charge in [0.15, 0.2) is 5.69 Å². The molecule has 4 aromatic rings. The molecule has 4 rings (SSSR count). The van der Waals surface area contributed by atoms with Gasteiger partial charge in [-0.15, -0.1) is 5.10 Å². The van der Waals surface area contributed by atoms with Crippen LogP contribution in [0.5, 0.6) is 5.75 Å². The van der Waals surface area contributed by atoms with Crippen LogP contribution in [0, 0.1) is 11.3 Å². The molecule has 0 spiro atoms. The maximum Gasteiger partial charge on any atom is 0.163 e. The van der Waals surface area contributed by atoms with Crippen LogP contribution in [-0.2, 0) is 6.61 Å². The standard InChI is InChI=1S/C22H15ClN4O/c23-19-10-4-15(5-11-19)14-28-20-3-1-2-18(12-20)16-6-8-17(9-7-16)22-21(13-24)25-27-26-22/h1-12H,14H2,(H,25,26,27). The Balaban J connectivity index is 1.51. The van der Waals surface area contributed by atoms with Crippen LogP contribution in [0.2, 0.25) is 5.02 Å². The first kappa shape index (κ1) is 17.8. The van der Waals surface area contributed by atoms with Crippen molar-refractivity contribution in [1.82, 2.24) is 15.4 Å². The van der Waals surface area contributed by atoms with Gasteiger partial charge < -0.3 is 4.74 Å². The fourth-order valence-corrected chi connectivity index (χ4v) is 2.97. The molecule has 28 heavy (non-hydrogen) atoms. The lowest BCUT2D eigenvalue weighted by Crippen LogP contribution is -1.95. The predicted molar refractivity (Wildman–Crippen MR) is 108 cm³/mol. The minimum absolute atomic E-state index is 0.352. The molecule has 0 amide bonds. The molecule has 0 aliphatic heterocycles. The van der Waals surface area contributed by atoms with Crippen LogP contribution in [0.1, 0.15) is 11.3 Å². The van der Waals surface area contributed by atoms with Crippen LogP contribution < -0.4 is 4.74 Å². The van der Waals surface area contributed by atoms with E-state index in [9.17, 15) is 0 Å². The molecule has 0 radical (unpaired) electrons. The Morgan fingerprint density at radius 3 is 2.43 bits per heavy atom. The quantitative estimate of drug-likeness (QED) is 0.508. The highest BCUT2D eigenvalue weighted by molar-refractivity contribution is 6.30. The molecule has 0 aliphatic carbocycles. The molecule has 0 atom stereocenters. The summed E-state index contributed by atoms with van der Waals surface area (Å²) in [5.41, 5.74) is 4.88. The zero-order chi connectivity index (χ0) is 19.3. The second-order valence-corrected chi connectivity index (χ2v) is 6.60. The van der Waals surface area contributed by atoms with Crippen LogP contribution in [0.25, 0.3) is 22.4 Å². The third kappa shape index (κ3) is 3.88. The fraction of sp³-hybridized carbons (Fsp3) is 0.0455. The van der Waals surface area contributed by atoms with E-state index in [1.54, 1.807) is 0 Å². The van der Waals surface area contributed by atoms with E-state index in [1.165, 1.54) is 0 Å². The number of halogens is 1. The average molecular weight is 387 g/mol. The lowest BCUT2D eigenvalue weighted by molar-refractivity contribution is 0.306. The highest BCUT2D eigenvalue weighted by Gasteiger charge is 2.09. The van der Waals surface area contributed by atoms with Gasteiger partial charge in [0.1, 0.15) is 24.1 Å². The zero-order valence-electron chi connectivity index (χ0n) is 14.8. The van der Waals surface area contributed by atoms with Gasteiger partial charge in [-0.05, 0) is 41.0 Å². The lowest BCUT2D eigenvalue weighted by Gasteiger charge is -2.09. The Morgan fingerprint density at radius 1 is 0.929 bits per heavy atom. The Hall–Kier alpha value is -3.62. The van der Waals surface area contributed by atoms with Crippen molar-refractivity contribution in [3.8, 4) is 34.2 Å². The van der Waals surface area contributed by atoms with Gasteiger partial charge in [0.2, 0.25) is 0 Å². The fourth-order valence-electron chi connectivity index (χ4n) is 2.84. The van der Waals surface area contributed by atoms with Gasteiger partial charge in [-0.1, -0.05) is 65.3 Å². The van der Waals surface area contributed by atoms with E-state index >= 15 is 0 Å². The van der Waals surface area contributed by atoms with Crippen LogP contribution in [0.3, 0.4) is 0 Å². The summed E-state index contributed by atoms with van der Waals surface area (Å²) in [5, 5.41) is 20.1. The minimum atomic E-state index is 0.352. The van der Waals surface area contributed by atoms with Crippen molar-refractivity contribution < 1.29 is 4.74 Å². The van der Waals surface area contributed by atoms with E-state index < -0.39 is 0 Å². The second kappa shape index (κ2) is 7.95. The summed E-state index contributed by atoms with van der Waals surface area (Å²) >= 11 is 5.91. The van der Waals surface area contributed by atoms with Gasteiger partial charge in [-0.3, -0.25) is 0 Å². The molecule has 0 saturated carbocycles. The third-order valence-electron chi connectivity index (χ3n) is 4.30. The van der Waals surface area contributed by atoms with E-state index in [2.05, 4.69) is 21.5 Å². The molecule has 0 aliphatic rings. The predicted octanol–water partition coefficient (Wildman–Crippen LogP) is 5.24. The molecular formula is C22H15ClN4O. The zero-order valence-corrected chi connectivity index (χ0v) is 15.5. The normalized spacial score (nSPS) is 10.4. The number of H-pyrrole nitrogens is 1. The smallest absolute Gasteiger partial charge is 0.163 e. The number of ether oxygens (including phenoxy) is 1. The van der Waals surface area contributed by atoms with E-state index in [-0.39, 0.29) is 0 Å². The van der Waals surface area contributed by atoms with Crippen molar-refractivity contribution in [1.29, 1.82) is 5.26 Å². The first-order valence-corrected chi connectivity index (χ1v) is 9.00. The van der Waals surface area contributed by atoms with E-state index in [0.29, 0.717) is 23.0 Å². The Kier molecular flexibility index (Phi) is 5.05. The summed E-state index contributed by atoms with van der Waals surface area (Å²) in [7, 11) is 0. The van der Waals surface area contributed by atoms with Crippen LogP contribution in [0.4, 0.5) is 0 Å². The molecule has 1 heterocycles. The number of nitrogens with one attached hydrogen (secondary N) is 1. The van der Waals surface area contributed by atoms with Gasteiger partial charge in [0, 0.05) is 10.6 Å². The third-order valence-corrected chi connectivity index (χ3v) is 4.56. The molecule has 3 aromatic carbocycles. The molecule has 1 N–H and O–H groups in total. The minimum Gasteiger partial charge on any atom is -0.489 e. The Bertz CT molecular complexity index is 1130. The lowest BCUT2D eigenvalue weighted by atomic mass is 10.0. The van der Waals surface area contributed by atoms with Crippen LogP contribution in [-0.4, -0.2) is 15.4 Å². The number of nitriles is 1. The van der Waals surface area contributed by atoms with Gasteiger partial charge in [-0.25, -0.2) is 5.10 Å². The highest BCUT2D eigenvalue weighted by atomic mass is 35.5. The maximum atomic E-state index is 9.10. The van der Waals surface area contributed by atoms with Crippen molar-refractivity contribution >= 4 is 11.6 Å². The number of aromatic amines is 1. The summed E-state index contributed by atoms with van der Waals surface area (Å²) < 4.78 is 5.91. The van der Waals surface area contributed by atoms with Crippen LogP contribution in [0.15, 0.2) is 72.8 Å². The number of rotatable bonds is 5. The molecule has 0 unspecified atom stereocenters.